The zero-order valence-electron chi connectivity index (χ0n) is 5.68. The van der Waals surface area contributed by atoms with E-state index in [2.05, 4.69) is 29.5 Å². The molecule has 0 saturated heterocycles. The summed E-state index contributed by atoms with van der Waals surface area (Å²) in [5.74, 6) is 1.46. The minimum Gasteiger partial charge on any atom is -0.396 e. The third-order valence-corrected chi connectivity index (χ3v) is 3.91. The van der Waals surface area contributed by atoms with Crippen LogP contribution in [0.5, 0.6) is 0 Å². The summed E-state index contributed by atoms with van der Waals surface area (Å²) in [6, 6.07) is 0. The van der Waals surface area contributed by atoms with Crippen molar-refractivity contribution in [3.05, 3.63) is 0 Å². The number of hydrogen-bond acceptors (Lipinski definition) is 1. The minimum absolute atomic E-state index is 0.401. The molecule has 0 aromatic heterocycles. The predicted molar refractivity (Wildman–Crippen MR) is 46.8 cm³/mol. The lowest BCUT2D eigenvalue weighted by Crippen LogP contribution is -1.87. The second kappa shape index (κ2) is 3.19. The van der Waals surface area contributed by atoms with Gasteiger partial charge in [0.1, 0.15) is 0 Å². The van der Waals surface area contributed by atoms with Gasteiger partial charge in [-0.2, -0.15) is 0 Å². The fourth-order valence-electron chi connectivity index (χ4n) is 1.34. The largest absolute Gasteiger partial charge is 0.396 e. The van der Waals surface area contributed by atoms with Gasteiger partial charge >= 0.3 is 0 Å². The van der Waals surface area contributed by atoms with Crippen LogP contribution in [0.2, 0.25) is 0 Å². The van der Waals surface area contributed by atoms with Gasteiger partial charge in [-0.25, -0.2) is 0 Å². The Kier molecular flexibility index (Phi) is 2.76. The van der Waals surface area contributed by atoms with Crippen molar-refractivity contribution in [2.75, 3.05) is 6.61 Å². The van der Waals surface area contributed by atoms with E-state index in [-0.39, 0.29) is 0 Å². The smallest absolute Gasteiger partial charge is 0.0472 e. The maximum atomic E-state index is 8.77. The highest BCUT2D eigenvalue weighted by Gasteiger charge is 2.46. The molecule has 0 radical (unpaired) electrons. The number of rotatable bonds is 3. The quantitative estimate of drug-likeness (QED) is 0.589. The van der Waals surface area contributed by atoms with Gasteiger partial charge in [0, 0.05) is 10.5 Å². The van der Waals surface area contributed by atoms with Gasteiger partial charge < -0.3 is 5.11 Å². The number of aliphatic hydroxyl groups excluding tert-OH is 1. The van der Waals surface area contributed by atoms with Crippen molar-refractivity contribution < 1.29 is 5.11 Å². The normalized spacial score (nSPS) is 41.0. The van der Waals surface area contributed by atoms with Crippen molar-refractivity contribution in [2.24, 2.45) is 11.8 Å². The Morgan fingerprint density at radius 2 is 2.11 bits per heavy atom. The monoisotopic (exact) mass is 240 g/mol. The van der Waals surface area contributed by atoms with Gasteiger partial charge in [0.25, 0.3) is 0 Å². The standard InChI is InChI=1S/C7H13IO/c1-2-3-5-6(4-9)7(5)8/h5-7,9H,2-4H2,1H3/t5-,6+,7+/m0/s1. The van der Waals surface area contributed by atoms with Crippen molar-refractivity contribution in [1.29, 1.82) is 0 Å². The highest BCUT2D eigenvalue weighted by Crippen LogP contribution is 2.48. The summed E-state index contributed by atoms with van der Waals surface area (Å²) in [6.07, 6.45) is 2.57. The Balaban J connectivity index is 2.17. The lowest BCUT2D eigenvalue weighted by molar-refractivity contribution is 0.268. The average Bonchev–Trinajstić information content (AvgIpc) is 2.44. The van der Waals surface area contributed by atoms with Crippen LogP contribution in [0.25, 0.3) is 0 Å². The molecule has 1 saturated carbocycles. The fourth-order valence-corrected chi connectivity index (χ4v) is 2.75. The van der Waals surface area contributed by atoms with E-state index in [1.54, 1.807) is 0 Å². The van der Waals surface area contributed by atoms with Crippen LogP contribution in [0.1, 0.15) is 19.8 Å². The molecule has 1 fully saturated rings. The summed E-state index contributed by atoms with van der Waals surface area (Å²) in [6.45, 7) is 2.61. The van der Waals surface area contributed by atoms with Crippen LogP contribution >= 0.6 is 22.6 Å². The fraction of sp³-hybridized carbons (Fsp3) is 1.00. The van der Waals surface area contributed by atoms with Gasteiger partial charge in [0.2, 0.25) is 0 Å². The maximum absolute atomic E-state index is 8.77. The predicted octanol–water partition coefficient (Wildman–Crippen LogP) is 1.83. The van der Waals surface area contributed by atoms with Crippen LogP contribution < -0.4 is 0 Å². The van der Waals surface area contributed by atoms with Gasteiger partial charge in [0.05, 0.1) is 0 Å². The highest BCUT2D eigenvalue weighted by atomic mass is 127. The Labute approximate surface area is 70.0 Å². The lowest BCUT2D eigenvalue weighted by Gasteiger charge is -1.89. The first kappa shape index (κ1) is 7.79. The Morgan fingerprint density at radius 3 is 2.44 bits per heavy atom. The maximum Gasteiger partial charge on any atom is 0.0472 e. The lowest BCUT2D eigenvalue weighted by atomic mass is 10.2. The second-order valence-corrected chi connectivity index (χ2v) is 4.18. The van der Waals surface area contributed by atoms with Crippen molar-refractivity contribution in [3.8, 4) is 0 Å². The molecule has 0 unspecified atom stereocenters. The molecule has 1 aliphatic carbocycles. The van der Waals surface area contributed by atoms with Gasteiger partial charge in [-0.3, -0.25) is 0 Å². The molecule has 0 amide bonds. The molecule has 1 nitrogen and oxygen atoms in total. The Bertz CT molecular complexity index is 94.9. The molecule has 0 bridgehead atoms. The van der Waals surface area contributed by atoms with Gasteiger partial charge in [0.15, 0.2) is 0 Å². The SMILES string of the molecule is CCC[C@@H]1[C@@H](I)[C@@H]1CO. The summed E-state index contributed by atoms with van der Waals surface area (Å²) < 4.78 is 0.771. The van der Waals surface area contributed by atoms with E-state index in [1.807, 2.05) is 0 Å². The minimum atomic E-state index is 0.401. The van der Waals surface area contributed by atoms with Crippen LogP contribution in [0, 0.1) is 11.8 Å². The first-order chi connectivity index (χ1) is 4.31. The second-order valence-electron chi connectivity index (χ2n) is 2.74. The molecule has 1 aliphatic rings. The summed E-state index contributed by atoms with van der Waals surface area (Å²) in [7, 11) is 0. The van der Waals surface area contributed by atoms with E-state index in [0.717, 1.165) is 9.84 Å². The molecule has 54 valence electrons. The van der Waals surface area contributed by atoms with Crippen molar-refractivity contribution >= 4 is 22.6 Å². The van der Waals surface area contributed by atoms with E-state index in [0.29, 0.717) is 12.5 Å². The van der Waals surface area contributed by atoms with Crippen molar-refractivity contribution in [2.45, 2.75) is 23.7 Å². The first-order valence-electron chi connectivity index (χ1n) is 3.56. The van der Waals surface area contributed by atoms with Crippen molar-refractivity contribution in [1.82, 2.24) is 0 Å². The zero-order valence-corrected chi connectivity index (χ0v) is 7.84. The molecule has 3 atom stereocenters. The van der Waals surface area contributed by atoms with E-state index in [1.165, 1.54) is 12.8 Å². The molecule has 0 spiro atoms. The van der Waals surface area contributed by atoms with E-state index < -0.39 is 0 Å². The molecule has 0 aromatic carbocycles. The molecule has 0 aromatic rings. The first-order valence-corrected chi connectivity index (χ1v) is 4.80. The highest BCUT2D eigenvalue weighted by molar-refractivity contribution is 14.1. The third kappa shape index (κ3) is 1.58. The van der Waals surface area contributed by atoms with Crippen molar-refractivity contribution in [3.63, 3.8) is 0 Å². The van der Waals surface area contributed by atoms with Crippen LogP contribution in [0.15, 0.2) is 0 Å². The Hall–Kier alpha value is 0.690. The van der Waals surface area contributed by atoms with E-state index in [4.69, 9.17) is 5.11 Å². The summed E-state index contributed by atoms with van der Waals surface area (Å²) in [5.41, 5.74) is 0. The van der Waals surface area contributed by atoms with Crippen LogP contribution in [0.4, 0.5) is 0 Å². The number of halogens is 1. The van der Waals surface area contributed by atoms with Crippen LogP contribution in [-0.4, -0.2) is 15.6 Å². The average molecular weight is 240 g/mol. The van der Waals surface area contributed by atoms with E-state index >= 15 is 0 Å². The number of aliphatic hydroxyl groups is 1. The number of hydrogen-bond donors (Lipinski definition) is 1. The zero-order chi connectivity index (χ0) is 6.85. The van der Waals surface area contributed by atoms with E-state index in [9.17, 15) is 0 Å². The molecule has 9 heavy (non-hydrogen) atoms. The Morgan fingerprint density at radius 1 is 1.44 bits per heavy atom. The molecular weight excluding hydrogens is 227 g/mol. The van der Waals surface area contributed by atoms with Gasteiger partial charge in [-0.1, -0.05) is 35.9 Å². The van der Waals surface area contributed by atoms with Gasteiger partial charge in [-0.15, -0.1) is 0 Å². The molecule has 2 heteroatoms. The molecule has 0 heterocycles. The number of alkyl halides is 1. The molecular formula is C7H13IO. The van der Waals surface area contributed by atoms with Crippen LogP contribution in [-0.2, 0) is 0 Å². The third-order valence-electron chi connectivity index (χ3n) is 2.06. The summed E-state index contributed by atoms with van der Waals surface area (Å²) in [4.78, 5) is 0. The molecule has 0 aliphatic heterocycles. The summed E-state index contributed by atoms with van der Waals surface area (Å²) >= 11 is 2.44. The molecule has 1 rings (SSSR count). The molecule has 1 N–H and O–H groups in total. The van der Waals surface area contributed by atoms with Crippen LogP contribution in [0.3, 0.4) is 0 Å². The van der Waals surface area contributed by atoms with Gasteiger partial charge in [-0.05, 0) is 18.3 Å². The summed E-state index contributed by atoms with van der Waals surface area (Å²) in [5, 5.41) is 8.77. The topological polar surface area (TPSA) is 20.2 Å².